The van der Waals surface area contributed by atoms with Crippen molar-refractivity contribution in [1.29, 1.82) is 0 Å². The van der Waals surface area contributed by atoms with E-state index in [0.29, 0.717) is 26.2 Å². The second-order valence-electron chi connectivity index (χ2n) is 8.00. The third-order valence-corrected chi connectivity index (χ3v) is 6.09. The van der Waals surface area contributed by atoms with E-state index < -0.39 is 17.5 Å². The first kappa shape index (κ1) is 21.0. The molecule has 2 amide bonds. The van der Waals surface area contributed by atoms with Crippen molar-refractivity contribution in [2.75, 3.05) is 26.2 Å². The first-order chi connectivity index (χ1) is 14.9. The third kappa shape index (κ3) is 4.44. The Bertz CT molecular complexity index is 1000. The summed E-state index contributed by atoms with van der Waals surface area (Å²) in [5, 5.41) is 10.7. The Labute approximate surface area is 176 Å². The van der Waals surface area contributed by atoms with Crippen LogP contribution < -0.4 is 0 Å². The highest BCUT2D eigenvalue weighted by Gasteiger charge is 2.42. The van der Waals surface area contributed by atoms with Gasteiger partial charge < -0.3 is 9.80 Å². The van der Waals surface area contributed by atoms with Gasteiger partial charge in [-0.15, -0.1) is 5.10 Å². The topological polar surface area (TPSA) is 84.2 Å². The maximum Gasteiger partial charge on any atom is 0.246 e. The van der Waals surface area contributed by atoms with Gasteiger partial charge in [0.05, 0.1) is 0 Å². The van der Waals surface area contributed by atoms with Crippen LogP contribution in [0.2, 0.25) is 0 Å². The van der Waals surface area contributed by atoms with Gasteiger partial charge in [0.15, 0.2) is 17.5 Å². The van der Waals surface area contributed by atoms with Crippen molar-refractivity contribution >= 4 is 17.9 Å². The Morgan fingerprint density at radius 2 is 1.74 bits per heavy atom. The average molecular weight is 434 g/mol. The van der Waals surface area contributed by atoms with Gasteiger partial charge in [0.1, 0.15) is 12.9 Å². The van der Waals surface area contributed by atoms with Crippen LogP contribution in [0.15, 0.2) is 24.5 Å². The molecular formula is C20H21F3N6O2. The van der Waals surface area contributed by atoms with Gasteiger partial charge in [-0.25, -0.2) is 17.9 Å². The number of carbonyl (C=O) groups is 2. The number of nitrogens with zero attached hydrogens (tertiary/aromatic N) is 6. The minimum atomic E-state index is -1.56. The summed E-state index contributed by atoms with van der Waals surface area (Å²) in [6, 6.07) is 1.91. The fraction of sp³-hybridized carbons (Fsp3) is 0.450. The first-order valence-electron chi connectivity index (χ1n) is 9.96. The van der Waals surface area contributed by atoms with E-state index in [0.717, 1.165) is 37.5 Å². The molecule has 31 heavy (non-hydrogen) atoms. The highest BCUT2D eigenvalue weighted by Crippen LogP contribution is 2.40. The third-order valence-electron chi connectivity index (χ3n) is 6.09. The van der Waals surface area contributed by atoms with Crippen LogP contribution in [0.4, 0.5) is 13.2 Å². The summed E-state index contributed by atoms with van der Waals surface area (Å²) in [5.41, 5.74) is -0.238. The zero-order chi connectivity index (χ0) is 22.0. The highest BCUT2D eigenvalue weighted by molar-refractivity contribution is 5.92. The molecule has 1 aromatic heterocycles. The molecule has 0 radical (unpaired) electrons. The molecular weight excluding hydrogens is 413 g/mol. The van der Waals surface area contributed by atoms with Crippen LogP contribution in [0.3, 0.4) is 0 Å². The largest absolute Gasteiger partial charge is 0.341 e. The van der Waals surface area contributed by atoms with Crippen LogP contribution in [0.1, 0.15) is 24.8 Å². The summed E-state index contributed by atoms with van der Waals surface area (Å²) in [4.78, 5) is 28.4. The second kappa shape index (κ2) is 8.48. The maximum absolute atomic E-state index is 13.8. The summed E-state index contributed by atoms with van der Waals surface area (Å²) >= 11 is 0. The molecule has 0 saturated carbocycles. The van der Waals surface area contributed by atoms with Crippen LogP contribution in [-0.2, 0) is 16.1 Å². The van der Waals surface area contributed by atoms with Gasteiger partial charge >= 0.3 is 0 Å². The van der Waals surface area contributed by atoms with E-state index in [1.165, 1.54) is 17.1 Å². The lowest BCUT2D eigenvalue weighted by molar-refractivity contribution is -0.134. The van der Waals surface area contributed by atoms with E-state index in [1.807, 2.05) is 0 Å². The number of piperidine rings is 1. The minimum Gasteiger partial charge on any atom is -0.341 e. The smallest absolute Gasteiger partial charge is 0.246 e. The van der Waals surface area contributed by atoms with Crippen LogP contribution in [0, 0.1) is 22.9 Å². The van der Waals surface area contributed by atoms with Gasteiger partial charge in [-0.3, -0.25) is 9.59 Å². The number of amides is 2. The molecule has 2 aliphatic heterocycles. The normalized spacial score (nSPS) is 18.3. The van der Waals surface area contributed by atoms with Crippen LogP contribution in [-0.4, -0.2) is 68.0 Å². The molecule has 1 spiro atoms. The van der Waals surface area contributed by atoms with E-state index >= 15 is 0 Å². The summed E-state index contributed by atoms with van der Waals surface area (Å²) in [7, 11) is 0. The van der Waals surface area contributed by atoms with E-state index in [-0.39, 0.29) is 29.3 Å². The number of tetrazole rings is 1. The Morgan fingerprint density at radius 1 is 1.03 bits per heavy atom. The van der Waals surface area contributed by atoms with E-state index in [1.54, 1.807) is 9.80 Å². The number of hydrogen-bond donors (Lipinski definition) is 0. The van der Waals surface area contributed by atoms with Gasteiger partial charge in [0.25, 0.3) is 0 Å². The quantitative estimate of drug-likeness (QED) is 0.540. The van der Waals surface area contributed by atoms with Crippen LogP contribution >= 0.6 is 0 Å². The fourth-order valence-corrected chi connectivity index (χ4v) is 4.19. The molecule has 2 fully saturated rings. The van der Waals surface area contributed by atoms with Crippen molar-refractivity contribution in [3.05, 3.63) is 47.6 Å². The molecule has 8 nitrogen and oxygen atoms in total. The van der Waals surface area contributed by atoms with Crippen molar-refractivity contribution in [3.8, 4) is 0 Å². The monoisotopic (exact) mass is 434 g/mol. The Hall–Kier alpha value is -3.24. The number of halogens is 3. The molecule has 0 unspecified atom stereocenters. The van der Waals surface area contributed by atoms with Crippen LogP contribution in [0.25, 0.3) is 6.08 Å². The van der Waals surface area contributed by atoms with Gasteiger partial charge in [-0.1, -0.05) is 0 Å². The first-order valence-corrected chi connectivity index (χ1v) is 9.96. The maximum atomic E-state index is 13.8. The molecule has 2 aliphatic rings. The van der Waals surface area contributed by atoms with Gasteiger partial charge in [0.2, 0.25) is 11.8 Å². The summed E-state index contributed by atoms with van der Waals surface area (Å²) in [6.45, 7) is 2.39. The average Bonchev–Trinajstić information content (AvgIpc) is 3.42. The van der Waals surface area contributed by atoms with Crippen molar-refractivity contribution in [3.63, 3.8) is 0 Å². The molecule has 3 heterocycles. The van der Waals surface area contributed by atoms with E-state index in [9.17, 15) is 22.8 Å². The van der Waals surface area contributed by atoms with Crippen molar-refractivity contribution in [2.45, 2.75) is 25.8 Å². The molecule has 2 aromatic rings. The Kier molecular flexibility index (Phi) is 5.75. The fourth-order valence-electron chi connectivity index (χ4n) is 4.19. The molecule has 0 aliphatic carbocycles. The summed E-state index contributed by atoms with van der Waals surface area (Å²) in [6.07, 6.45) is 6.11. The second-order valence-corrected chi connectivity index (χ2v) is 8.00. The number of carbonyl (C=O) groups excluding carboxylic acids is 2. The minimum absolute atomic E-state index is 0.0513. The number of benzene rings is 1. The molecule has 2 saturated heterocycles. The van der Waals surface area contributed by atoms with E-state index in [2.05, 4.69) is 15.5 Å². The molecule has 4 rings (SSSR count). The Morgan fingerprint density at radius 3 is 2.42 bits per heavy atom. The zero-order valence-corrected chi connectivity index (χ0v) is 16.7. The molecule has 0 bridgehead atoms. The van der Waals surface area contributed by atoms with Gasteiger partial charge in [0, 0.05) is 37.8 Å². The lowest BCUT2D eigenvalue weighted by atomic mass is 9.78. The standard InChI is InChI=1S/C20H21F3N6O2/c21-15-3-1-14(18(22)19(15)23)2-4-16(30)28-10-7-20(12-28)5-8-27(9-6-20)17(31)11-29-13-24-25-26-29/h1-4,13H,5-12H2/b4-2+. The zero-order valence-electron chi connectivity index (χ0n) is 16.7. The number of hydrogen-bond acceptors (Lipinski definition) is 5. The SMILES string of the molecule is O=C(/C=C/c1ccc(F)c(F)c1F)N1CCC2(CCN(C(=O)Cn3cnnn3)CC2)C1. The molecule has 0 N–H and O–H groups in total. The Balaban J connectivity index is 1.31. The number of likely N-dealkylation sites (tertiary alicyclic amines) is 2. The lowest BCUT2D eigenvalue weighted by Gasteiger charge is -2.39. The molecule has 0 atom stereocenters. The lowest BCUT2D eigenvalue weighted by Crippen LogP contribution is -2.45. The van der Waals surface area contributed by atoms with Gasteiger partial charge in [-0.05, 0) is 53.3 Å². The highest BCUT2D eigenvalue weighted by atomic mass is 19.2. The number of rotatable bonds is 4. The van der Waals surface area contributed by atoms with Gasteiger partial charge in [-0.2, -0.15) is 0 Å². The van der Waals surface area contributed by atoms with Crippen molar-refractivity contribution < 1.29 is 22.8 Å². The predicted molar refractivity (Wildman–Crippen MR) is 103 cm³/mol. The number of aromatic nitrogens is 4. The molecule has 1 aromatic carbocycles. The summed E-state index contributed by atoms with van der Waals surface area (Å²) < 4.78 is 41.5. The predicted octanol–water partition coefficient (Wildman–Crippen LogP) is 1.64. The van der Waals surface area contributed by atoms with Crippen molar-refractivity contribution in [1.82, 2.24) is 30.0 Å². The van der Waals surface area contributed by atoms with Crippen LogP contribution in [0.5, 0.6) is 0 Å². The van der Waals surface area contributed by atoms with Crippen molar-refractivity contribution in [2.24, 2.45) is 5.41 Å². The molecule has 164 valence electrons. The molecule has 11 heteroatoms. The summed E-state index contributed by atoms with van der Waals surface area (Å²) in [5.74, 6) is -4.51. The van der Waals surface area contributed by atoms with E-state index in [4.69, 9.17) is 0 Å².